The minimum absolute atomic E-state index is 0.100. The second-order valence-electron chi connectivity index (χ2n) is 11.6. The SMILES string of the molecule is CN(C)[C@@H]1c2onc(OCc3ccccc3)c2C(=O)[C@@]2(O[Si](C)(C)C(C)(C)C)C(=O)C=CC[C@@]12C. The molecule has 35 heavy (non-hydrogen) atoms. The van der Waals surface area contributed by atoms with Gasteiger partial charge in [-0.2, -0.15) is 0 Å². The summed E-state index contributed by atoms with van der Waals surface area (Å²) in [5.74, 6) is -0.225. The molecule has 0 radical (unpaired) electrons. The van der Waals surface area contributed by atoms with Crippen molar-refractivity contribution in [2.45, 2.75) is 70.5 Å². The molecule has 188 valence electrons. The number of ketones is 2. The zero-order valence-corrected chi connectivity index (χ0v) is 23.0. The quantitative estimate of drug-likeness (QED) is 0.394. The molecule has 1 aromatic carbocycles. The van der Waals surface area contributed by atoms with Crippen molar-refractivity contribution in [1.29, 1.82) is 0 Å². The molecule has 3 atom stereocenters. The second-order valence-corrected chi connectivity index (χ2v) is 16.4. The zero-order valence-electron chi connectivity index (χ0n) is 22.0. The molecule has 0 unspecified atom stereocenters. The Balaban J connectivity index is 1.90. The lowest BCUT2D eigenvalue weighted by Gasteiger charge is -2.57. The van der Waals surface area contributed by atoms with Crippen LogP contribution in [0.5, 0.6) is 5.88 Å². The predicted octanol–water partition coefficient (Wildman–Crippen LogP) is 5.35. The van der Waals surface area contributed by atoms with Crippen LogP contribution < -0.4 is 4.74 Å². The van der Waals surface area contributed by atoms with E-state index in [0.29, 0.717) is 12.2 Å². The average Bonchev–Trinajstić information content (AvgIpc) is 3.17. The molecule has 0 bridgehead atoms. The van der Waals surface area contributed by atoms with Gasteiger partial charge in [0.25, 0.3) is 5.88 Å². The van der Waals surface area contributed by atoms with Gasteiger partial charge in [-0.3, -0.25) is 14.5 Å². The maximum absolute atomic E-state index is 14.5. The minimum atomic E-state index is -2.58. The molecule has 2 aliphatic carbocycles. The fourth-order valence-electron chi connectivity index (χ4n) is 5.15. The molecular formula is C27H36N2O5Si. The molecule has 0 aliphatic heterocycles. The Morgan fingerprint density at radius 1 is 1.17 bits per heavy atom. The normalized spacial score (nSPS) is 26.6. The number of nitrogens with zero attached hydrogens (tertiary/aromatic N) is 2. The molecule has 7 nitrogen and oxygen atoms in total. The van der Waals surface area contributed by atoms with Gasteiger partial charge in [0.15, 0.2) is 25.5 Å². The van der Waals surface area contributed by atoms with Crippen LogP contribution in [0.4, 0.5) is 0 Å². The van der Waals surface area contributed by atoms with Gasteiger partial charge in [-0.15, -0.1) is 0 Å². The van der Waals surface area contributed by atoms with Gasteiger partial charge in [0.2, 0.25) is 5.78 Å². The van der Waals surface area contributed by atoms with Gasteiger partial charge in [0.05, 0.1) is 6.04 Å². The summed E-state index contributed by atoms with van der Waals surface area (Å²) in [6.45, 7) is 12.6. The molecule has 1 heterocycles. The van der Waals surface area contributed by atoms with Crippen LogP contribution in [0.2, 0.25) is 18.1 Å². The summed E-state index contributed by atoms with van der Waals surface area (Å²) in [4.78, 5) is 30.3. The van der Waals surface area contributed by atoms with E-state index in [0.717, 1.165) is 5.56 Å². The smallest absolute Gasteiger partial charge is 0.265 e. The number of carbonyl (C=O) groups is 2. The van der Waals surface area contributed by atoms with Crippen LogP contribution in [0.1, 0.15) is 61.8 Å². The van der Waals surface area contributed by atoms with Crippen molar-refractivity contribution in [3.05, 3.63) is 59.4 Å². The lowest BCUT2D eigenvalue weighted by molar-refractivity contribution is -0.146. The highest BCUT2D eigenvalue weighted by Crippen LogP contribution is 2.60. The van der Waals surface area contributed by atoms with E-state index in [1.54, 1.807) is 0 Å². The van der Waals surface area contributed by atoms with Crippen molar-refractivity contribution in [3.63, 3.8) is 0 Å². The number of ether oxygens (including phenoxy) is 1. The van der Waals surface area contributed by atoms with E-state index in [2.05, 4.69) is 39.0 Å². The average molecular weight is 497 g/mol. The Labute approximate surface area is 208 Å². The number of hydrogen-bond donors (Lipinski definition) is 0. The van der Waals surface area contributed by atoms with Crippen molar-refractivity contribution in [2.24, 2.45) is 5.41 Å². The number of aromatic nitrogens is 1. The van der Waals surface area contributed by atoms with Crippen molar-refractivity contribution < 1.29 is 23.3 Å². The van der Waals surface area contributed by atoms with E-state index >= 15 is 0 Å². The van der Waals surface area contributed by atoms with E-state index < -0.39 is 31.2 Å². The molecule has 8 heteroatoms. The molecular weight excluding hydrogens is 460 g/mol. The van der Waals surface area contributed by atoms with E-state index in [4.69, 9.17) is 13.7 Å². The largest absolute Gasteiger partial charge is 0.470 e. The third-order valence-electron chi connectivity index (χ3n) is 8.00. The summed E-state index contributed by atoms with van der Waals surface area (Å²) in [6.07, 6.45) is 3.83. The second kappa shape index (κ2) is 8.53. The lowest BCUT2D eigenvalue weighted by Crippen LogP contribution is -2.70. The Bertz CT molecular complexity index is 1160. The fraction of sp³-hybridized carbons (Fsp3) is 0.519. The molecule has 0 N–H and O–H groups in total. The Kier molecular flexibility index (Phi) is 6.23. The maximum atomic E-state index is 14.5. The topological polar surface area (TPSA) is 81.9 Å². The third kappa shape index (κ3) is 3.82. The number of rotatable bonds is 6. The van der Waals surface area contributed by atoms with E-state index in [1.807, 2.05) is 62.3 Å². The summed E-state index contributed by atoms with van der Waals surface area (Å²) in [5, 5.41) is 3.96. The first kappa shape index (κ1) is 25.5. The van der Waals surface area contributed by atoms with Crippen molar-refractivity contribution in [3.8, 4) is 5.88 Å². The molecule has 0 amide bonds. The third-order valence-corrected chi connectivity index (χ3v) is 12.4. The first-order chi connectivity index (χ1) is 16.3. The molecule has 1 aromatic heterocycles. The number of allylic oxidation sites excluding steroid dienone is 1. The standard InChI is InChI=1S/C27H36N2O5Si/c1-25(2,3)35(7,8)34-27-19(30)15-12-16-26(27,4)22(29(5)6)21-20(23(27)31)24(28-33-21)32-17-18-13-10-9-11-14-18/h9-15,22H,16-17H2,1-8H3/t22-,26+,27+/m1/s1. The highest BCUT2D eigenvalue weighted by atomic mass is 28.4. The van der Waals surface area contributed by atoms with Gasteiger partial charge in [-0.1, -0.05) is 64.1 Å². The summed E-state index contributed by atoms with van der Waals surface area (Å²) in [6, 6.07) is 9.22. The summed E-state index contributed by atoms with van der Waals surface area (Å²) < 4.78 is 18.7. The van der Waals surface area contributed by atoms with Crippen molar-refractivity contribution in [2.75, 3.05) is 14.1 Å². The number of fused-ring (bicyclic) bond motifs is 2. The Hall–Kier alpha value is -2.55. The highest BCUT2D eigenvalue weighted by Gasteiger charge is 2.70. The van der Waals surface area contributed by atoms with Crippen LogP contribution in [0.15, 0.2) is 47.0 Å². The van der Waals surface area contributed by atoms with E-state index in [1.165, 1.54) is 6.08 Å². The number of hydrogen-bond acceptors (Lipinski definition) is 7. The van der Waals surface area contributed by atoms with Crippen LogP contribution in [0.3, 0.4) is 0 Å². The molecule has 2 aliphatic rings. The summed E-state index contributed by atoms with van der Waals surface area (Å²) in [5.41, 5.74) is -1.44. The van der Waals surface area contributed by atoms with Gasteiger partial charge >= 0.3 is 0 Å². The first-order valence-corrected chi connectivity index (χ1v) is 15.0. The lowest BCUT2D eigenvalue weighted by atomic mass is 9.55. The fourth-order valence-corrected chi connectivity index (χ4v) is 6.65. The highest BCUT2D eigenvalue weighted by molar-refractivity contribution is 6.74. The van der Waals surface area contributed by atoms with Crippen LogP contribution >= 0.6 is 0 Å². The first-order valence-electron chi connectivity index (χ1n) is 12.0. The molecule has 0 spiro atoms. The van der Waals surface area contributed by atoms with Crippen LogP contribution in [-0.2, 0) is 15.8 Å². The van der Waals surface area contributed by atoms with Crippen LogP contribution in [0, 0.1) is 5.41 Å². The zero-order chi connectivity index (χ0) is 25.8. The van der Waals surface area contributed by atoms with Gasteiger partial charge in [-0.05, 0) is 55.4 Å². The predicted molar refractivity (Wildman–Crippen MR) is 136 cm³/mol. The van der Waals surface area contributed by atoms with Gasteiger partial charge in [-0.25, -0.2) is 0 Å². The number of benzene rings is 1. The summed E-state index contributed by atoms with van der Waals surface area (Å²) in [7, 11) is 1.26. The number of carbonyl (C=O) groups excluding carboxylic acids is 2. The van der Waals surface area contributed by atoms with Gasteiger partial charge in [0, 0.05) is 5.41 Å². The molecule has 0 saturated carbocycles. The molecule has 0 fully saturated rings. The van der Waals surface area contributed by atoms with Gasteiger partial charge in [0.1, 0.15) is 12.2 Å². The van der Waals surface area contributed by atoms with Gasteiger partial charge < -0.3 is 13.7 Å². The van der Waals surface area contributed by atoms with Crippen LogP contribution in [0.25, 0.3) is 0 Å². The van der Waals surface area contributed by atoms with Crippen molar-refractivity contribution >= 4 is 19.9 Å². The minimum Gasteiger partial charge on any atom is -0.470 e. The molecule has 2 aromatic rings. The Morgan fingerprint density at radius 2 is 1.83 bits per heavy atom. The van der Waals surface area contributed by atoms with E-state index in [-0.39, 0.29) is 28.9 Å². The van der Waals surface area contributed by atoms with E-state index in [9.17, 15) is 9.59 Å². The maximum Gasteiger partial charge on any atom is 0.265 e. The van der Waals surface area contributed by atoms with Crippen LogP contribution in [-0.4, -0.2) is 49.6 Å². The Morgan fingerprint density at radius 3 is 2.43 bits per heavy atom. The monoisotopic (exact) mass is 496 g/mol. The number of Topliss-reactive ketones (excluding diaryl/α,β-unsaturated/α-hetero) is 1. The molecule has 4 rings (SSSR count). The summed E-state index contributed by atoms with van der Waals surface area (Å²) >= 11 is 0. The molecule has 0 saturated heterocycles. The van der Waals surface area contributed by atoms with Crippen molar-refractivity contribution in [1.82, 2.24) is 10.1 Å².